The number of carbonyl (C=O) groups excluding carboxylic acids is 1. The fourth-order valence-electron chi connectivity index (χ4n) is 6.02. The molecule has 0 spiro atoms. The van der Waals surface area contributed by atoms with Crippen molar-refractivity contribution in [3.63, 3.8) is 0 Å². The highest BCUT2D eigenvalue weighted by atomic mass is 32.2. The molecule has 1 amide bonds. The van der Waals surface area contributed by atoms with Crippen LogP contribution in [0.4, 0.5) is 15.9 Å². The zero-order chi connectivity index (χ0) is 29.3. The number of rotatable bonds is 8. The van der Waals surface area contributed by atoms with Crippen LogP contribution in [0, 0.1) is 12.7 Å². The highest BCUT2D eigenvalue weighted by molar-refractivity contribution is 7.90. The third-order valence-electron chi connectivity index (χ3n) is 8.64. The summed E-state index contributed by atoms with van der Waals surface area (Å²) in [5.41, 5.74) is 1.89. The molecule has 0 bridgehead atoms. The molecule has 1 aromatic heterocycles. The molecular weight excluding hydrogens is 555 g/mol. The zero-order valence-corrected chi connectivity index (χ0v) is 24.7. The number of aromatic nitrogens is 1. The van der Waals surface area contributed by atoms with Crippen molar-refractivity contribution >= 4 is 27.4 Å². The summed E-state index contributed by atoms with van der Waals surface area (Å²) in [6.07, 6.45) is 6.70. The standard InChI is InChI=1S/C32H37FN4O4S/c1-23-10-15-27(24-6-3-2-4-7-24)28(22-23)41-32(16-17-32)31(38)35-42(39,40)30-9-5-8-29(34-30)37-20-18-36(19-21-37)26-13-11-25(33)12-14-26/h5,8-15,22,24H,2-4,6-7,16-21H2,1H3,(H,35,38). The number of aryl methyl sites for hydroxylation is 1. The quantitative estimate of drug-likeness (QED) is 0.379. The van der Waals surface area contributed by atoms with Crippen LogP contribution in [0.1, 0.15) is 62.0 Å². The number of anilines is 2. The van der Waals surface area contributed by atoms with E-state index in [1.807, 2.05) is 17.9 Å². The van der Waals surface area contributed by atoms with Crippen LogP contribution in [0.3, 0.4) is 0 Å². The Morgan fingerprint density at radius 1 is 0.952 bits per heavy atom. The van der Waals surface area contributed by atoms with Crippen molar-refractivity contribution in [1.29, 1.82) is 0 Å². The number of amides is 1. The normalized spacial score (nSPS) is 18.9. The van der Waals surface area contributed by atoms with Gasteiger partial charge in [0.15, 0.2) is 10.6 Å². The van der Waals surface area contributed by atoms with Crippen molar-refractivity contribution < 1.29 is 22.3 Å². The average Bonchev–Trinajstić information content (AvgIpc) is 3.79. The van der Waals surface area contributed by atoms with Crippen LogP contribution in [0.15, 0.2) is 65.7 Å². The van der Waals surface area contributed by atoms with Crippen LogP contribution >= 0.6 is 0 Å². The highest BCUT2D eigenvalue weighted by Gasteiger charge is 2.54. The van der Waals surface area contributed by atoms with Gasteiger partial charge in [-0.15, -0.1) is 0 Å². The number of pyridine rings is 1. The van der Waals surface area contributed by atoms with Gasteiger partial charge in [-0.3, -0.25) is 4.79 Å². The highest BCUT2D eigenvalue weighted by Crippen LogP contribution is 2.45. The number of hydrogen-bond donors (Lipinski definition) is 1. The van der Waals surface area contributed by atoms with Gasteiger partial charge >= 0.3 is 0 Å². The van der Waals surface area contributed by atoms with Gasteiger partial charge in [0.2, 0.25) is 0 Å². The van der Waals surface area contributed by atoms with E-state index in [0.29, 0.717) is 56.5 Å². The van der Waals surface area contributed by atoms with E-state index in [1.54, 1.807) is 24.3 Å². The number of hydrogen-bond acceptors (Lipinski definition) is 7. The fraction of sp³-hybridized carbons (Fsp3) is 0.438. The summed E-state index contributed by atoms with van der Waals surface area (Å²) in [7, 11) is -4.22. The molecule has 0 radical (unpaired) electrons. The molecule has 222 valence electrons. The van der Waals surface area contributed by atoms with E-state index < -0.39 is 21.5 Å². The molecule has 1 N–H and O–H groups in total. The van der Waals surface area contributed by atoms with Crippen LogP contribution < -0.4 is 19.3 Å². The Labute approximate surface area is 246 Å². The third-order valence-corrected chi connectivity index (χ3v) is 9.88. The van der Waals surface area contributed by atoms with E-state index in [1.165, 1.54) is 37.5 Å². The first-order valence-electron chi connectivity index (χ1n) is 14.8. The van der Waals surface area contributed by atoms with Crippen molar-refractivity contribution in [2.24, 2.45) is 0 Å². The molecule has 2 aromatic carbocycles. The molecule has 2 heterocycles. The Hall–Kier alpha value is -3.66. The molecule has 42 heavy (non-hydrogen) atoms. The van der Waals surface area contributed by atoms with Crippen molar-refractivity contribution in [2.45, 2.75) is 68.4 Å². The van der Waals surface area contributed by atoms with E-state index in [0.717, 1.165) is 29.7 Å². The Kier molecular flexibility index (Phi) is 7.83. The van der Waals surface area contributed by atoms with Gasteiger partial charge in [0.1, 0.15) is 17.4 Å². The molecule has 10 heteroatoms. The van der Waals surface area contributed by atoms with Crippen molar-refractivity contribution in [2.75, 3.05) is 36.0 Å². The summed E-state index contributed by atoms with van der Waals surface area (Å²) in [6.45, 7) is 4.60. The number of benzene rings is 2. The smallest absolute Gasteiger partial charge is 0.281 e. The van der Waals surface area contributed by atoms with Gasteiger partial charge in [0.05, 0.1) is 0 Å². The summed E-state index contributed by atoms with van der Waals surface area (Å²) in [4.78, 5) is 22.0. The molecule has 3 aliphatic rings. The van der Waals surface area contributed by atoms with E-state index in [9.17, 15) is 17.6 Å². The maximum Gasteiger partial charge on any atom is 0.281 e. The van der Waals surface area contributed by atoms with Crippen LogP contribution in [0.2, 0.25) is 0 Å². The maximum absolute atomic E-state index is 13.4. The number of sulfonamides is 1. The lowest BCUT2D eigenvalue weighted by atomic mass is 9.83. The summed E-state index contributed by atoms with van der Waals surface area (Å²) in [5, 5.41) is -0.205. The molecule has 2 aliphatic carbocycles. The Morgan fingerprint density at radius 2 is 1.64 bits per heavy atom. The number of ether oxygens (including phenoxy) is 1. The molecule has 6 rings (SSSR count). The molecule has 3 fully saturated rings. The maximum atomic E-state index is 13.4. The average molecular weight is 593 g/mol. The lowest BCUT2D eigenvalue weighted by molar-refractivity contribution is -0.128. The SMILES string of the molecule is Cc1ccc(C2CCCCC2)c(OC2(C(=O)NS(=O)(=O)c3cccc(N4CCN(c5ccc(F)cc5)CC4)n3)CC2)c1. The van der Waals surface area contributed by atoms with Crippen LogP contribution in [-0.2, 0) is 14.8 Å². The number of nitrogens with zero attached hydrogens (tertiary/aromatic N) is 3. The fourth-order valence-corrected chi connectivity index (χ4v) is 7.03. The molecule has 0 atom stereocenters. The zero-order valence-electron chi connectivity index (χ0n) is 23.9. The van der Waals surface area contributed by atoms with Gasteiger partial charge in [-0.25, -0.2) is 14.1 Å². The van der Waals surface area contributed by atoms with Crippen molar-refractivity contribution in [1.82, 2.24) is 9.71 Å². The van der Waals surface area contributed by atoms with E-state index in [2.05, 4.69) is 26.7 Å². The van der Waals surface area contributed by atoms with Gasteiger partial charge in [-0.05, 0) is 79.3 Å². The predicted octanol–water partition coefficient (Wildman–Crippen LogP) is 5.32. The van der Waals surface area contributed by atoms with Crippen molar-refractivity contribution in [3.05, 3.63) is 77.6 Å². The predicted molar refractivity (Wildman–Crippen MR) is 160 cm³/mol. The summed E-state index contributed by atoms with van der Waals surface area (Å²) in [6, 6.07) is 17.3. The van der Waals surface area contributed by atoms with Gasteiger partial charge in [0.25, 0.3) is 15.9 Å². The topological polar surface area (TPSA) is 91.8 Å². The monoisotopic (exact) mass is 592 g/mol. The Morgan fingerprint density at radius 3 is 2.33 bits per heavy atom. The van der Waals surface area contributed by atoms with Gasteiger partial charge < -0.3 is 14.5 Å². The van der Waals surface area contributed by atoms with Gasteiger partial charge in [0, 0.05) is 44.7 Å². The molecule has 8 nitrogen and oxygen atoms in total. The molecular formula is C32H37FN4O4S. The first-order valence-corrected chi connectivity index (χ1v) is 16.3. The number of halogens is 1. The second-order valence-corrected chi connectivity index (χ2v) is 13.3. The lowest BCUT2D eigenvalue weighted by Crippen LogP contribution is -2.47. The summed E-state index contributed by atoms with van der Waals surface area (Å²) in [5.74, 6) is 0.676. The van der Waals surface area contributed by atoms with Crippen LogP contribution in [-0.4, -0.2) is 51.1 Å². The molecule has 3 aromatic rings. The molecule has 0 unspecified atom stereocenters. The minimum Gasteiger partial charge on any atom is -0.477 e. The van der Waals surface area contributed by atoms with Crippen LogP contribution in [0.25, 0.3) is 0 Å². The molecule has 1 aliphatic heterocycles. The van der Waals surface area contributed by atoms with Crippen LogP contribution in [0.5, 0.6) is 5.75 Å². The first kappa shape index (κ1) is 28.5. The number of carbonyl (C=O) groups is 1. The molecule has 1 saturated heterocycles. The Bertz CT molecular complexity index is 1540. The third kappa shape index (κ3) is 6.09. The van der Waals surface area contributed by atoms with E-state index in [-0.39, 0.29) is 10.8 Å². The van der Waals surface area contributed by atoms with E-state index >= 15 is 0 Å². The summed E-state index contributed by atoms with van der Waals surface area (Å²) < 4.78 is 48.6. The Balaban J connectivity index is 1.13. The minimum atomic E-state index is -4.22. The van der Waals surface area contributed by atoms with Crippen molar-refractivity contribution in [3.8, 4) is 5.75 Å². The second kappa shape index (κ2) is 11.6. The number of piperazine rings is 1. The summed E-state index contributed by atoms with van der Waals surface area (Å²) >= 11 is 0. The number of nitrogens with one attached hydrogen (secondary N) is 1. The second-order valence-electron chi connectivity index (χ2n) is 11.7. The van der Waals surface area contributed by atoms with E-state index in [4.69, 9.17) is 4.74 Å². The largest absolute Gasteiger partial charge is 0.477 e. The van der Waals surface area contributed by atoms with Gasteiger partial charge in [-0.2, -0.15) is 8.42 Å². The molecule has 2 saturated carbocycles. The first-order chi connectivity index (χ1) is 20.2. The lowest BCUT2D eigenvalue weighted by Gasteiger charge is -2.36. The van der Waals surface area contributed by atoms with Gasteiger partial charge in [-0.1, -0.05) is 37.5 Å². The minimum absolute atomic E-state index is 0.205.